The third-order valence-electron chi connectivity index (χ3n) is 4.56. The lowest BCUT2D eigenvalue weighted by atomic mass is 9.78. The van der Waals surface area contributed by atoms with Crippen LogP contribution < -0.4 is 5.32 Å². The van der Waals surface area contributed by atoms with Gasteiger partial charge in [0.05, 0.1) is 5.60 Å². The average Bonchev–Trinajstić information content (AvgIpc) is 2.56. The molecule has 21 heavy (non-hydrogen) atoms. The Bertz CT molecular complexity index is 544. The summed E-state index contributed by atoms with van der Waals surface area (Å²) in [6, 6.07) is 21.1. The van der Waals surface area contributed by atoms with E-state index < -0.39 is 5.60 Å². The van der Waals surface area contributed by atoms with Crippen LogP contribution in [0.3, 0.4) is 0 Å². The molecule has 2 heteroatoms. The maximum absolute atomic E-state index is 10.8. The summed E-state index contributed by atoms with van der Waals surface area (Å²) >= 11 is 0. The number of nitrogens with one attached hydrogen (secondary N) is 1. The van der Waals surface area contributed by atoms with Gasteiger partial charge in [-0.25, -0.2) is 0 Å². The highest BCUT2D eigenvalue weighted by atomic mass is 16.3. The van der Waals surface area contributed by atoms with E-state index in [2.05, 4.69) is 29.6 Å². The minimum atomic E-state index is -0.633. The second-order valence-electron chi connectivity index (χ2n) is 6.04. The summed E-state index contributed by atoms with van der Waals surface area (Å²) in [5.41, 5.74) is 1.75. The van der Waals surface area contributed by atoms with E-state index in [0.717, 1.165) is 37.8 Å². The number of benzene rings is 2. The van der Waals surface area contributed by atoms with Gasteiger partial charge in [-0.2, -0.15) is 0 Å². The molecule has 0 amide bonds. The monoisotopic (exact) mass is 281 g/mol. The van der Waals surface area contributed by atoms with Crippen LogP contribution in [0.15, 0.2) is 60.7 Å². The molecule has 2 aromatic rings. The Morgan fingerprint density at radius 1 is 0.905 bits per heavy atom. The molecule has 0 radical (unpaired) electrons. The van der Waals surface area contributed by atoms with E-state index in [1.54, 1.807) is 0 Å². The van der Waals surface area contributed by atoms with Gasteiger partial charge in [-0.3, -0.25) is 0 Å². The van der Waals surface area contributed by atoms with Crippen LogP contribution in [0, 0.1) is 0 Å². The van der Waals surface area contributed by atoms with Crippen molar-refractivity contribution in [3.63, 3.8) is 0 Å². The molecule has 0 atom stereocenters. The van der Waals surface area contributed by atoms with Crippen molar-refractivity contribution in [2.45, 2.75) is 43.9 Å². The third-order valence-corrected chi connectivity index (χ3v) is 4.56. The molecule has 110 valence electrons. The van der Waals surface area contributed by atoms with Gasteiger partial charge in [-0.05, 0) is 36.8 Å². The Balaban J connectivity index is 1.53. The molecule has 0 saturated heterocycles. The van der Waals surface area contributed by atoms with E-state index in [1.165, 1.54) is 5.56 Å². The molecule has 0 unspecified atom stereocenters. The van der Waals surface area contributed by atoms with Crippen LogP contribution >= 0.6 is 0 Å². The van der Waals surface area contributed by atoms with Crippen molar-refractivity contribution in [3.8, 4) is 0 Å². The fourth-order valence-corrected chi connectivity index (χ4v) is 3.19. The van der Waals surface area contributed by atoms with Gasteiger partial charge in [0.1, 0.15) is 0 Å². The van der Waals surface area contributed by atoms with Crippen LogP contribution in [0.5, 0.6) is 0 Å². The standard InChI is InChI=1S/C19H23NO/c21-19(17-9-5-2-6-10-17)13-11-18(12-14-19)20-15-16-7-3-1-4-8-16/h1-10,18,20-21H,11-15H2. The van der Waals surface area contributed by atoms with Crippen molar-refractivity contribution in [1.82, 2.24) is 5.32 Å². The molecule has 1 fully saturated rings. The van der Waals surface area contributed by atoms with Crippen LogP contribution in [0.1, 0.15) is 36.8 Å². The summed E-state index contributed by atoms with van der Waals surface area (Å²) in [5, 5.41) is 14.4. The number of hydrogen-bond donors (Lipinski definition) is 2. The predicted molar refractivity (Wildman–Crippen MR) is 85.9 cm³/mol. The predicted octanol–water partition coefficient (Wildman–Crippen LogP) is 3.61. The van der Waals surface area contributed by atoms with Gasteiger partial charge in [0.15, 0.2) is 0 Å². The highest BCUT2D eigenvalue weighted by molar-refractivity contribution is 5.23. The van der Waals surface area contributed by atoms with Gasteiger partial charge in [0.2, 0.25) is 0 Å². The van der Waals surface area contributed by atoms with Gasteiger partial charge < -0.3 is 10.4 Å². The summed E-state index contributed by atoms with van der Waals surface area (Å²) in [4.78, 5) is 0. The summed E-state index contributed by atoms with van der Waals surface area (Å²) in [6.45, 7) is 0.912. The van der Waals surface area contributed by atoms with Gasteiger partial charge in [0, 0.05) is 12.6 Å². The Labute approximate surface area is 126 Å². The van der Waals surface area contributed by atoms with Crippen molar-refractivity contribution in [3.05, 3.63) is 71.8 Å². The Hall–Kier alpha value is -1.64. The van der Waals surface area contributed by atoms with Crippen LogP contribution in [-0.4, -0.2) is 11.1 Å². The van der Waals surface area contributed by atoms with Crippen LogP contribution in [0.25, 0.3) is 0 Å². The van der Waals surface area contributed by atoms with Crippen LogP contribution in [0.2, 0.25) is 0 Å². The Morgan fingerprint density at radius 3 is 2.10 bits per heavy atom. The molecule has 1 aliphatic carbocycles. The van der Waals surface area contributed by atoms with E-state index >= 15 is 0 Å². The maximum Gasteiger partial charge on any atom is 0.0897 e. The van der Waals surface area contributed by atoms with Crippen molar-refractivity contribution >= 4 is 0 Å². The second kappa shape index (κ2) is 6.42. The molecular weight excluding hydrogens is 258 g/mol. The first kappa shape index (κ1) is 14.3. The SMILES string of the molecule is OC1(c2ccccc2)CCC(NCc2ccccc2)CC1. The molecule has 0 spiro atoms. The fraction of sp³-hybridized carbons (Fsp3) is 0.368. The number of aliphatic hydroxyl groups is 1. The Morgan fingerprint density at radius 2 is 1.48 bits per heavy atom. The summed E-state index contributed by atoms with van der Waals surface area (Å²) in [7, 11) is 0. The van der Waals surface area contributed by atoms with Crippen molar-refractivity contribution in [2.75, 3.05) is 0 Å². The average molecular weight is 281 g/mol. The number of rotatable bonds is 4. The Kier molecular flexibility index (Phi) is 4.37. The zero-order valence-electron chi connectivity index (χ0n) is 12.3. The quantitative estimate of drug-likeness (QED) is 0.897. The molecule has 3 rings (SSSR count). The van der Waals surface area contributed by atoms with Gasteiger partial charge in [0.25, 0.3) is 0 Å². The summed E-state index contributed by atoms with van der Waals surface area (Å²) in [6.07, 6.45) is 3.73. The van der Waals surface area contributed by atoms with Gasteiger partial charge in [-0.15, -0.1) is 0 Å². The van der Waals surface area contributed by atoms with Gasteiger partial charge >= 0.3 is 0 Å². The molecule has 1 aliphatic rings. The molecule has 2 aromatic carbocycles. The smallest absolute Gasteiger partial charge is 0.0897 e. The zero-order chi connectivity index (χ0) is 14.5. The van der Waals surface area contributed by atoms with E-state index in [-0.39, 0.29) is 0 Å². The highest BCUT2D eigenvalue weighted by Gasteiger charge is 2.34. The molecule has 1 saturated carbocycles. The van der Waals surface area contributed by atoms with Crippen molar-refractivity contribution in [2.24, 2.45) is 0 Å². The summed E-state index contributed by atoms with van der Waals surface area (Å²) < 4.78 is 0. The lowest BCUT2D eigenvalue weighted by Gasteiger charge is -2.36. The molecule has 0 bridgehead atoms. The van der Waals surface area contributed by atoms with Gasteiger partial charge in [-0.1, -0.05) is 60.7 Å². The lowest BCUT2D eigenvalue weighted by Crippen LogP contribution is -2.39. The molecule has 2 N–H and O–H groups in total. The topological polar surface area (TPSA) is 32.3 Å². The highest BCUT2D eigenvalue weighted by Crippen LogP contribution is 2.36. The number of hydrogen-bond acceptors (Lipinski definition) is 2. The zero-order valence-corrected chi connectivity index (χ0v) is 12.3. The maximum atomic E-state index is 10.8. The first-order chi connectivity index (χ1) is 10.3. The van der Waals surface area contributed by atoms with Crippen LogP contribution in [-0.2, 0) is 12.1 Å². The van der Waals surface area contributed by atoms with Crippen molar-refractivity contribution < 1.29 is 5.11 Å². The first-order valence-electron chi connectivity index (χ1n) is 7.81. The molecule has 0 aromatic heterocycles. The van der Waals surface area contributed by atoms with Crippen molar-refractivity contribution in [1.29, 1.82) is 0 Å². The summed E-state index contributed by atoms with van der Waals surface area (Å²) in [5.74, 6) is 0. The van der Waals surface area contributed by atoms with E-state index in [4.69, 9.17) is 0 Å². The van der Waals surface area contributed by atoms with Crippen LogP contribution in [0.4, 0.5) is 0 Å². The minimum absolute atomic E-state index is 0.509. The van der Waals surface area contributed by atoms with E-state index in [1.807, 2.05) is 36.4 Å². The first-order valence-corrected chi connectivity index (χ1v) is 7.81. The second-order valence-corrected chi connectivity index (χ2v) is 6.04. The normalized spacial score (nSPS) is 25.7. The fourth-order valence-electron chi connectivity index (χ4n) is 3.19. The minimum Gasteiger partial charge on any atom is -0.385 e. The largest absolute Gasteiger partial charge is 0.385 e. The third kappa shape index (κ3) is 3.52. The molecule has 0 aliphatic heterocycles. The van der Waals surface area contributed by atoms with E-state index in [0.29, 0.717) is 6.04 Å². The lowest BCUT2D eigenvalue weighted by molar-refractivity contribution is -0.00847. The van der Waals surface area contributed by atoms with E-state index in [9.17, 15) is 5.11 Å². The molecule has 2 nitrogen and oxygen atoms in total. The molecule has 0 heterocycles. The molecular formula is C19H23NO.